The van der Waals surface area contributed by atoms with Crippen molar-refractivity contribution < 1.29 is 10.2 Å². The molecule has 0 heterocycles. The highest BCUT2D eigenvalue weighted by atomic mass is 16.3. The molecule has 0 saturated carbocycles. The van der Waals surface area contributed by atoms with E-state index in [1.54, 1.807) is 12.1 Å². The Morgan fingerprint density at radius 2 is 1.73 bits per heavy atom. The summed E-state index contributed by atoms with van der Waals surface area (Å²) in [5.41, 5.74) is 8.75. The Morgan fingerprint density at radius 3 is 2.13 bits per heavy atom. The molecule has 0 spiro atoms. The Morgan fingerprint density at radius 1 is 1.27 bits per heavy atom. The monoisotopic (exact) mass is 209 g/mol. The van der Waals surface area contributed by atoms with Crippen LogP contribution in [0.25, 0.3) is 0 Å². The summed E-state index contributed by atoms with van der Waals surface area (Å²) < 4.78 is 0. The molecule has 15 heavy (non-hydrogen) atoms. The molecule has 1 aromatic rings. The number of hydrogen-bond acceptors (Lipinski definition) is 3. The topological polar surface area (TPSA) is 66.5 Å². The van der Waals surface area contributed by atoms with Crippen molar-refractivity contribution in [3.05, 3.63) is 28.8 Å². The second-order valence-corrected chi connectivity index (χ2v) is 3.99. The number of rotatable bonds is 3. The molecule has 0 radical (unpaired) electrons. The summed E-state index contributed by atoms with van der Waals surface area (Å²) >= 11 is 0. The van der Waals surface area contributed by atoms with Crippen molar-refractivity contribution in [2.75, 3.05) is 0 Å². The number of benzene rings is 1. The van der Waals surface area contributed by atoms with E-state index in [-0.39, 0.29) is 11.8 Å². The minimum absolute atomic E-state index is 0.243. The number of phenolic OH excluding ortho intramolecular Hbond substituents is 1. The molecule has 0 aliphatic carbocycles. The molecular weight excluding hydrogens is 190 g/mol. The highest BCUT2D eigenvalue weighted by Gasteiger charge is 2.19. The average Bonchev–Trinajstić information content (AvgIpc) is 2.14. The van der Waals surface area contributed by atoms with Gasteiger partial charge in [-0.05, 0) is 49.1 Å². The fourth-order valence-corrected chi connectivity index (χ4v) is 1.92. The van der Waals surface area contributed by atoms with E-state index in [0.29, 0.717) is 6.42 Å². The minimum Gasteiger partial charge on any atom is -0.508 e. The number of aryl methyl sites for hydroxylation is 2. The quantitative estimate of drug-likeness (QED) is 0.711. The lowest BCUT2D eigenvalue weighted by molar-refractivity contribution is 0.140. The molecule has 0 amide bonds. The lowest BCUT2D eigenvalue weighted by Crippen LogP contribution is -2.26. The fourth-order valence-electron chi connectivity index (χ4n) is 1.92. The van der Waals surface area contributed by atoms with Crippen molar-refractivity contribution >= 4 is 0 Å². The first-order chi connectivity index (χ1) is 6.97. The molecule has 3 nitrogen and oxygen atoms in total. The molecule has 0 fully saturated rings. The maximum atomic E-state index is 9.71. The van der Waals surface area contributed by atoms with Gasteiger partial charge in [0.25, 0.3) is 0 Å². The van der Waals surface area contributed by atoms with Gasteiger partial charge in [-0.1, -0.05) is 6.92 Å². The molecule has 3 heteroatoms. The van der Waals surface area contributed by atoms with Crippen molar-refractivity contribution in [1.82, 2.24) is 0 Å². The third kappa shape index (κ3) is 2.49. The van der Waals surface area contributed by atoms with E-state index in [9.17, 15) is 10.2 Å². The van der Waals surface area contributed by atoms with Gasteiger partial charge in [0, 0.05) is 0 Å². The van der Waals surface area contributed by atoms with Gasteiger partial charge in [0.05, 0.1) is 12.1 Å². The van der Waals surface area contributed by atoms with E-state index in [1.807, 2.05) is 20.8 Å². The maximum absolute atomic E-state index is 9.71. The highest BCUT2D eigenvalue weighted by molar-refractivity contribution is 5.42. The number of phenols is 1. The zero-order valence-electron chi connectivity index (χ0n) is 9.49. The summed E-state index contributed by atoms with van der Waals surface area (Å²) in [4.78, 5) is 0. The highest BCUT2D eigenvalue weighted by Crippen LogP contribution is 2.27. The Bertz CT molecular complexity index is 326. The normalized spacial score (nSPS) is 15.0. The van der Waals surface area contributed by atoms with Gasteiger partial charge in [-0.15, -0.1) is 0 Å². The van der Waals surface area contributed by atoms with E-state index >= 15 is 0 Å². The van der Waals surface area contributed by atoms with Crippen molar-refractivity contribution in [2.45, 2.75) is 39.3 Å². The second kappa shape index (κ2) is 4.64. The molecule has 4 N–H and O–H groups in total. The van der Waals surface area contributed by atoms with Gasteiger partial charge < -0.3 is 15.9 Å². The van der Waals surface area contributed by atoms with Crippen molar-refractivity contribution in [3.8, 4) is 5.75 Å². The molecule has 0 aliphatic rings. The van der Waals surface area contributed by atoms with Crippen molar-refractivity contribution in [3.63, 3.8) is 0 Å². The average molecular weight is 209 g/mol. The van der Waals surface area contributed by atoms with Crippen LogP contribution in [0.4, 0.5) is 0 Å². The zero-order valence-corrected chi connectivity index (χ0v) is 9.49. The van der Waals surface area contributed by atoms with Crippen LogP contribution in [-0.2, 0) is 0 Å². The molecule has 2 atom stereocenters. The van der Waals surface area contributed by atoms with E-state index in [1.165, 1.54) is 0 Å². The molecular formula is C12H19NO2. The maximum Gasteiger partial charge on any atom is 0.116 e. The lowest BCUT2D eigenvalue weighted by Gasteiger charge is -2.22. The van der Waals surface area contributed by atoms with Gasteiger partial charge in [0.2, 0.25) is 0 Å². The van der Waals surface area contributed by atoms with Crippen LogP contribution in [0.2, 0.25) is 0 Å². The summed E-state index contributed by atoms with van der Waals surface area (Å²) in [6.45, 7) is 5.68. The van der Waals surface area contributed by atoms with Gasteiger partial charge >= 0.3 is 0 Å². The first-order valence-corrected chi connectivity index (χ1v) is 5.21. The van der Waals surface area contributed by atoms with E-state index < -0.39 is 6.10 Å². The van der Waals surface area contributed by atoms with Crippen LogP contribution in [0.5, 0.6) is 5.75 Å². The summed E-state index contributed by atoms with van der Waals surface area (Å²) in [7, 11) is 0. The fraction of sp³-hybridized carbons (Fsp3) is 0.500. The van der Waals surface area contributed by atoms with Crippen LogP contribution < -0.4 is 5.73 Å². The van der Waals surface area contributed by atoms with Gasteiger partial charge in [-0.3, -0.25) is 0 Å². The summed E-state index contributed by atoms with van der Waals surface area (Å²) in [6, 6.07) is 2.96. The smallest absolute Gasteiger partial charge is 0.116 e. The summed E-state index contributed by atoms with van der Waals surface area (Å²) in [5, 5.41) is 19.1. The second-order valence-electron chi connectivity index (χ2n) is 3.99. The van der Waals surface area contributed by atoms with Gasteiger partial charge in [-0.2, -0.15) is 0 Å². The molecule has 0 saturated heterocycles. The summed E-state index contributed by atoms with van der Waals surface area (Å²) in [5.74, 6) is 0.243. The van der Waals surface area contributed by atoms with E-state index in [2.05, 4.69) is 0 Å². The number of aliphatic hydroxyl groups excluding tert-OH is 1. The van der Waals surface area contributed by atoms with Crippen LogP contribution in [0, 0.1) is 13.8 Å². The van der Waals surface area contributed by atoms with Crippen molar-refractivity contribution in [1.29, 1.82) is 0 Å². The van der Waals surface area contributed by atoms with Gasteiger partial charge in [0.1, 0.15) is 5.75 Å². The predicted molar refractivity (Wildman–Crippen MR) is 60.8 cm³/mol. The molecule has 0 unspecified atom stereocenters. The van der Waals surface area contributed by atoms with Crippen LogP contribution in [-0.4, -0.2) is 16.3 Å². The van der Waals surface area contributed by atoms with Gasteiger partial charge in [0.15, 0.2) is 0 Å². The molecule has 1 rings (SSSR count). The molecule has 0 aromatic heterocycles. The Balaban J connectivity index is 3.13. The Labute approximate surface area is 90.5 Å². The third-order valence-corrected chi connectivity index (χ3v) is 2.74. The molecule has 0 aliphatic heterocycles. The molecule has 84 valence electrons. The summed E-state index contributed by atoms with van der Waals surface area (Å²) in [6.07, 6.45) is 0.0907. The number of hydrogen-bond donors (Lipinski definition) is 3. The number of nitrogens with two attached hydrogens (primary N) is 1. The van der Waals surface area contributed by atoms with Crippen LogP contribution >= 0.6 is 0 Å². The lowest BCUT2D eigenvalue weighted by atomic mass is 9.92. The number of aromatic hydroxyl groups is 1. The third-order valence-electron chi connectivity index (χ3n) is 2.74. The Kier molecular flexibility index (Phi) is 3.72. The molecule has 1 aromatic carbocycles. The Hall–Kier alpha value is -1.06. The first-order valence-electron chi connectivity index (χ1n) is 5.21. The van der Waals surface area contributed by atoms with E-state index in [4.69, 9.17) is 5.73 Å². The van der Waals surface area contributed by atoms with Crippen LogP contribution in [0.1, 0.15) is 36.1 Å². The van der Waals surface area contributed by atoms with Crippen molar-refractivity contribution in [2.24, 2.45) is 5.73 Å². The van der Waals surface area contributed by atoms with Crippen LogP contribution in [0.15, 0.2) is 12.1 Å². The van der Waals surface area contributed by atoms with E-state index in [0.717, 1.165) is 16.7 Å². The zero-order chi connectivity index (χ0) is 11.6. The van der Waals surface area contributed by atoms with Crippen LogP contribution in [0.3, 0.4) is 0 Å². The SMILES string of the molecule is CC[C@@H](O)[C@@H](N)c1c(C)cc(O)cc1C. The first kappa shape index (κ1) is 12.0. The minimum atomic E-state index is -0.535. The van der Waals surface area contributed by atoms with Gasteiger partial charge in [-0.25, -0.2) is 0 Å². The standard InChI is InChI=1S/C12H19NO2/c1-4-10(15)12(13)11-7(2)5-9(14)6-8(11)3/h5-6,10,12,14-15H,4,13H2,1-3H3/t10-,12-/m1/s1. The molecule has 0 bridgehead atoms. The number of aliphatic hydroxyl groups is 1. The largest absolute Gasteiger partial charge is 0.508 e. The predicted octanol–water partition coefficient (Wildman–Crippen LogP) is 1.78.